The van der Waals surface area contributed by atoms with Gasteiger partial charge in [-0.15, -0.1) is 0 Å². The molecule has 36 heavy (non-hydrogen) atoms. The fraction of sp³-hybridized carbons (Fsp3) is 0.360. The van der Waals surface area contributed by atoms with Crippen molar-refractivity contribution < 1.29 is 37.7 Å². The third-order valence-corrected chi connectivity index (χ3v) is 6.26. The number of ether oxygens (including phenoxy) is 1. The van der Waals surface area contributed by atoms with Crippen molar-refractivity contribution in [3.63, 3.8) is 0 Å². The second-order valence-electron chi connectivity index (χ2n) is 8.65. The fourth-order valence-corrected chi connectivity index (χ4v) is 4.32. The zero-order valence-corrected chi connectivity index (χ0v) is 19.5. The highest BCUT2D eigenvalue weighted by Gasteiger charge is 2.33. The minimum absolute atomic E-state index is 0.0870. The van der Waals surface area contributed by atoms with Crippen LogP contribution in [0.15, 0.2) is 42.5 Å². The summed E-state index contributed by atoms with van der Waals surface area (Å²) in [5.41, 5.74) is 1.96. The monoisotopic (exact) mass is 505 g/mol. The number of carbonyl (C=O) groups is 2. The maximum atomic E-state index is 13.1. The first-order valence-corrected chi connectivity index (χ1v) is 11.4. The lowest BCUT2D eigenvalue weighted by molar-refractivity contribution is -0.137. The molecule has 2 aliphatic heterocycles. The van der Waals surface area contributed by atoms with Gasteiger partial charge in [0.1, 0.15) is 5.75 Å². The molecule has 4 rings (SSSR count). The number of nitrogens with zero attached hydrogens (tertiary/aromatic N) is 2. The second kappa shape index (κ2) is 10.2. The SMILES string of the molecule is CN1C(=O)N(C(CO)CO)Cc2ccc(NC(=O)C=C3CCCOc4cc(C(F)(F)F)ccc43)cc21. The highest BCUT2D eigenvalue weighted by Crippen LogP contribution is 2.38. The molecule has 0 spiro atoms. The van der Waals surface area contributed by atoms with Gasteiger partial charge in [0.2, 0.25) is 5.91 Å². The molecule has 3 N–H and O–H groups in total. The number of halogens is 3. The maximum absolute atomic E-state index is 13.1. The molecule has 0 radical (unpaired) electrons. The van der Waals surface area contributed by atoms with Crippen molar-refractivity contribution in [3.8, 4) is 5.75 Å². The number of anilines is 2. The van der Waals surface area contributed by atoms with Gasteiger partial charge in [-0.1, -0.05) is 12.1 Å². The summed E-state index contributed by atoms with van der Waals surface area (Å²) >= 11 is 0. The zero-order chi connectivity index (χ0) is 26.0. The van der Waals surface area contributed by atoms with Crippen LogP contribution >= 0.6 is 0 Å². The van der Waals surface area contributed by atoms with Crippen molar-refractivity contribution in [3.05, 3.63) is 59.2 Å². The number of hydrogen-bond donors (Lipinski definition) is 3. The molecule has 3 amide bonds. The standard InChI is InChI=1S/C25H26F3N3O5/c1-30-21-11-18(6-4-16(21)12-31(24(30)35)19(13-32)14-33)29-23(34)9-15-3-2-8-36-22-10-17(25(26,27)28)5-7-20(15)22/h4-7,9-11,19,32-33H,2-3,8,12-14H2,1H3,(H,29,34). The molecule has 0 saturated carbocycles. The topological polar surface area (TPSA) is 102 Å². The number of hydrogen-bond acceptors (Lipinski definition) is 5. The van der Waals surface area contributed by atoms with Crippen molar-refractivity contribution in [1.82, 2.24) is 4.90 Å². The van der Waals surface area contributed by atoms with Gasteiger partial charge < -0.3 is 25.2 Å². The molecule has 0 fully saturated rings. The molecule has 2 aromatic rings. The molecule has 0 unspecified atom stereocenters. The number of carbonyl (C=O) groups excluding carboxylic acids is 2. The van der Waals surface area contributed by atoms with Crippen LogP contribution in [0.5, 0.6) is 5.75 Å². The number of benzene rings is 2. The van der Waals surface area contributed by atoms with E-state index in [1.807, 2.05) is 0 Å². The zero-order valence-electron chi connectivity index (χ0n) is 19.5. The summed E-state index contributed by atoms with van der Waals surface area (Å²) in [6.45, 7) is -0.317. The van der Waals surface area contributed by atoms with Crippen LogP contribution in [0.25, 0.3) is 5.57 Å². The van der Waals surface area contributed by atoms with Gasteiger partial charge in [-0.2, -0.15) is 13.2 Å². The molecule has 0 bridgehead atoms. The Morgan fingerprint density at radius 3 is 2.64 bits per heavy atom. The molecule has 0 aromatic heterocycles. The third-order valence-electron chi connectivity index (χ3n) is 6.26. The molecule has 8 nitrogen and oxygen atoms in total. The number of fused-ring (bicyclic) bond motifs is 2. The van der Waals surface area contributed by atoms with Crippen LogP contribution in [0.1, 0.15) is 29.5 Å². The van der Waals surface area contributed by atoms with Crippen molar-refractivity contribution in [2.24, 2.45) is 0 Å². The van der Waals surface area contributed by atoms with Gasteiger partial charge in [-0.25, -0.2) is 4.79 Å². The summed E-state index contributed by atoms with van der Waals surface area (Å²) in [5.74, 6) is -0.381. The first-order valence-electron chi connectivity index (χ1n) is 11.4. The number of rotatable bonds is 5. The van der Waals surface area contributed by atoms with E-state index in [2.05, 4.69) is 5.32 Å². The van der Waals surface area contributed by atoms with Crippen LogP contribution in [-0.2, 0) is 17.5 Å². The lowest BCUT2D eigenvalue weighted by Crippen LogP contribution is -2.52. The van der Waals surface area contributed by atoms with E-state index in [0.29, 0.717) is 35.4 Å². The summed E-state index contributed by atoms with van der Waals surface area (Å²) in [5, 5.41) is 21.7. The van der Waals surface area contributed by atoms with Gasteiger partial charge in [0.25, 0.3) is 0 Å². The molecule has 2 aliphatic rings. The molecular formula is C25H26F3N3O5. The Bertz CT molecular complexity index is 1190. The first kappa shape index (κ1) is 25.5. The largest absolute Gasteiger partial charge is 0.493 e. The average Bonchev–Trinajstić information content (AvgIpc) is 3.04. The van der Waals surface area contributed by atoms with Crippen molar-refractivity contribution >= 4 is 28.9 Å². The van der Waals surface area contributed by atoms with Gasteiger partial charge >= 0.3 is 12.2 Å². The van der Waals surface area contributed by atoms with Crippen LogP contribution in [0.2, 0.25) is 0 Å². The summed E-state index contributed by atoms with van der Waals surface area (Å²) in [6.07, 6.45) is -2.15. The lowest BCUT2D eigenvalue weighted by atomic mass is 9.99. The van der Waals surface area contributed by atoms with Crippen molar-refractivity contribution in [1.29, 1.82) is 0 Å². The summed E-state index contributed by atoms with van der Waals surface area (Å²) < 4.78 is 44.8. The van der Waals surface area contributed by atoms with E-state index in [-0.39, 0.29) is 32.1 Å². The Labute approximate surface area is 205 Å². The molecule has 0 saturated heterocycles. The highest BCUT2D eigenvalue weighted by molar-refractivity contribution is 6.05. The van der Waals surface area contributed by atoms with Crippen LogP contribution in [0.3, 0.4) is 0 Å². The smallest absolute Gasteiger partial charge is 0.416 e. The highest BCUT2D eigenvalue weighted by atomic mass is 19.4. The minimum Gasteiger partial charge on any atom is -0.493 e. The third kappa shape index (κ3) is 5.17. The van der Waals surface area contributed by atoms with Crippen LogP contribution in [-0.4, -0.2) is 60.0 Å². The normalized spacial score (nSPS) is 17.0. The van der Waals surface area contributed by atoms with Crippen LogP contribution in [0, 0.1) is 0 Å². The molecule has 0 atom stereocenters. The van der Waals surface area contributed by atoms with Crippen LogP contribution < -0.4 is 15.0 Å². The van der Waals surface area contributed by atoms with Crippen molar-refractivity contribution in [2.45, 2.75) is 31.6 Å². The minimum atomic E-state index is -4.50. The quantitative estimate of drug-likeness (QED) is 0.539. The molecule has 2 aromatic carbocycles. The van der Waals surface area contributed by atoms with Crippen molar-refractivity contribution in [2.75, 3.05) is 37.1 Å². The van der Waals surface area contributed by atoms with E-state index >= 15 is 0 Å². The Morgan fingerprint density at radius 1 is 1.19 bits per heavy atom. The number of nitrogens with one attached hydrogen (secondary N) is 1. The number of urea groups is 1. The van der Waals surface area contributed by atoms with Gasteiger partial charge in [-0.05, 0) is 48.2 Å². The molecule has 2 heterocycles. The Hall–Kier alpha value is -3.57. The summed E-state index contributed by atoms with van der Waals surface area (Å²) in [4.78, 5) is 28.3. The Kier molecular flexibility index (Phi) is 7.23. The van der Waals surface area contributed by atoms with Gasteiger partial charge in [-0.3, -0.25) is 9.69 Å². The fourth-order valence-electron chi connectivity index (χ4n) is 4.32. The van der Waals surface area contributed by atoms with Gasteiger partial charge in [0, 0.05) is 30.9 Å². The van der Waals surface area contributed by atoms with E-state index in [1.165, 1.54) is 21.9 Å². The van der Waals surface area contributed by atoms with Gasteiger partial charge in [0.15, 0.2) is 0 Å². The number of alkyl halides is 3. The van der Waals surface area contributed by atoms with E-state index in [1.54, 1.807) is 25.2 Å². The van der Waals surface area contributed by atoms with Gasteiger partial charge in [0.05, 0.1) is 37.1 Å². The average molecular weight is 505 g/mol. The van der Waals surface area contributed by atoms with E-state index in [4.69, 9.17) is 4.74 Å². The van der Waals surface area contributed by atoms with E-state index < -0.39 is 29.7 Å². The Balaban J connectivity index is 1.55. The van der Waals surface area contributed by atoms with Crippen LogP contribution in [0.4, 0.5) is 29.3 Å². The predicted molar refractivity (Wildman–Crippen MR) is 127 cm³/mol. The van der Waals surface area contributed by atoms with E-state index in [0.717, 1.165) is 17.7 Å². The second-order valence-corrected chi connectivity index (χ2v) is 8.65. The molecule has 11 heteroatoms. The summed E-state index contributed by atoms with van der Waals surface area (Å²) in [7, 11) is 1.56. The maximum Gasteiger partial charge on any atom is 0.416 e. The first-order chi connectivity index (χ1) is 17.1. The Morgan fingerprint density at radius 2 is 1.94 bits per heavy atom. The number of amides is 3. The number of aliphatic hydroxyl groups is 2. The lowest BCUT2D eigenvalue weighted by Gasteiger charge is -2.38. The number of aliphatic hydroxyl groups excluding tert-OH is 2. The summed E-state index contributed by atoms with van der Waals surface area (Å²) in [6, 6.07) is 7.18. The van der Waals surface area contributed by atoms with E-state index in [9.17, 15) is 33.0 Å². The number of allylic oxidation sites excluding steroid dienone is 1. The molecule has 192 valence electrons. The molecular weight excluding hydrogens is 479 g/mol. The predicted octanol–water partition coefficient (Wildman–Crippen LogP) is 3.63. The molecule has 0 aliphatic carbocycles.